The fraction of sp³-hybridized carbons (Fsp3) is 0.273. The third-order valence-electron chi connectivity index (χ3n) is 1.93. The van der Waals surface area contributed by atoms with Gasteiger partial charge in [-0.15, -0.1) is 0 Å². The van der Waals surface area contributed by atoms with Gasteiger partial charge in [0.15, 0.2) is 5.78 Å². The lowest BCUT2D eigenvalue weighted by atomic mass is 10.1. The summed E-state index contributed by atoms with van der Waals surface area (Å²) in [6, 6.07) is 6.27. The average Bonchev–Trinajstić information content (AvgIpc) is 2.20. The molecule has 0 bridgehead atoms. The molecule has 0 aliphatic heterocycles. The summed E-state index contributed by atoms with van der Waals surface area (Å²) >= 11 is 0. The lowest BCUT2D eigenvalue weighted by Gasteiger charge is -1.99. The second kappa shape index (κ2) is 4.56. The first-order valence-corrected chi connectivity index (χ1v) is 4.47. The minimum absolute atomic E-state index is 0.118. The SMILES string of the molecule is CCC(=O)C(=O)Cc1ccc(O)cc1. The van der Waals surface area contributed by atoms with Crippen LogP contribution < -0.4 is 0 Å². The van der Waals surface area contributed by atoms with E-state index in [1.807, 2.05) is 0 Å². The van der Waals surface area contributed by atoms with E-state index in [1.54, 1.807) is 19.1 Å². The van der Waals surface area contributed by atoms with Crippen LogP contribution in [0.3, 0.4) is 0 Å². The van der Waals surface area contributed by atoms with E-state index in [0.717, 1.165) is 5.56 Å². The highest BCUT2D eigenvalue weighted by Gasteiger charge is 2.11. The zero-order valence-electron chi connectivity index (χ0n) is 7.99. The molecule has 0 fully saturated rings. The van der Waals surface area contributed by atoms with Gasteiger partial charge < -0.3 is 5.11 Å². The highest BCUT2D eigenvalue weighted by Crippen LogP contribution is 2.10. The molecule has 0 heterocycles. The Balaban J connectivity index is 2.65. The molecule has 74 valence electrons. The van der Waals surface area contributed by atoms with Crippen molar-refractivity contribution < 1.29 is 14.7 Å². The molecule has 0 aliphatic rings. The van der Waals surface area contributed by atoms with Crippen molar-refractivity contribution in [1.29, 1.82) is 0 Å². The van der Waals surface area contributed by atoms with Gasteiger partial charge in [0.05, 0.1) is 0 Å². The van der Waals surface area contributed by atoms with Crippen LogP contribution in [-0.4, -0.2) is 16.7 Å². The molecule has 0 amide bonds. The topological polar surface area (TPSA) is 54.4 Å². The summed E-state index contributed by atoms with van der Waals surface area (Å²) in [6.07, 6.45) is 0.365. The van der Waals surface area contributed by atoms with Crippen molar-refractivity contribution in [2.24, 2.45) is 0 Å². The van der Waals surface area contributed by atoms with E-state index in [4.69, 9.17) is 5.11 Å². The maximum atomic E-state index is 11.2. The number of aromatic hydroxyl groups is 1. The van der Waals surface area contributed by atoms with E-state index in [9.17, 15) is 9.59 Å². The van der Waals surface area contributed by atoms with Crippen LogP contribution in [0.25, 0.3) is 0 Å². The van der Waals surface area contributed by atoms with E-state index in [0.29, 0.717) is 0 Å². The van der Waals surface area contributed by atoms with E-state index in [1.165, 1.54) is 12.1 Å². The van der Waals surface area contributed by atoms with Gasteiger partial charge in [0.25, 0.3) is 0 Å². The van der Waals surface area contributed by atoms with Gasteiger partial charge in [-0.3, -0.25) is 9.59 Å². The zero-order valence-corrected chi connectivity index (χ0v) is 7.99. The average molecular weight is 192 g/mol. The number of benzene rings is 1. The van der Waals surface area contributed by atoms with Crippen molar-refractivity contribution in [3.63, 3.8) is 0 Å². The Morgan fingerprint density at radius 1 is 1.14 bits per heavy atom. The van der Waals surface area contributed by atoms with Crippen LogP contribution in [0.2, 0.25) is 0 Å². The first kappa shape index (κ1) is 10.4. The Kier molecular flexibility index (Phi) is 3.40. The quantitative estimate of drug-likeness (QED) is 0.735. The monoisotopic (exact) mass is 192 g/mol. The molecule has 0 aromatic heterocycles. The van der Waals surface area contributed by atoms with E-state index in [2.05, 4.69) is 0 Å². The summed E-state index contributed by atoms with van der Waals surface area (Å²) in [6.45, 7) is 1.66. The molecule has 1 N–H and O–H groups in total. The zero-order chi connectivity index (χ0) is 10.6. The number of phenols is 1. The number of Topliss-reactive ketones (excluding diaryl/α,β-unsaturated/α-hetero) is 2. The third-order valence-corrected chi connectivity index (χ3v) is 1.93. The maximum Gasteiger partial charge on any atom is 0.202 e. The second-order valence-electron chi connectivity index (χ2n) is 3.04. The fourth-order valence-electron chi connectivity index (χ4n) is 1.09. The van der Waals surface area contributed by atoms with Gasteiger partial charge in [0.1, 0.15) is 5.75 Å². The highest BCUT2D eigenvalue weighted by molar-refractivity contribution is 6.37. The smallest absolute Gasteiger partial charge is 0.202 e. The Morgan fingerprint density at radius 3 is 2.21 bits per heavy atom. The molecule has 0 atom stereocenters. The minimum atomic E-state index is -0.377. The second-order valence-corrected chi connectivity index (χ2v) is 3.04. The molecular weight excluding hydrogens is 180 g/mol. The molecule has 3 nitrogen and oxygen atoms in total. The molecule has 0 unspecified atom stereocenters. The molecule has 0 radical (unpaired) electrons. The van der Waals surface area contributed by atoms with E-state index in [-0.39, 0.29) is 30.2 Å². The predicted molar refractivity (Wildman–Crippen MR) is 52.1 cm³/mol. The van der Waals surface area contributed by atoms with Crippen LogP contribution in [0.4, 0.5) is 0 Å². The number of carbonyl (C=O) groups is 2. The number of ketones is 2. The summed E-state index contributed by atoms with van der Waals surface area (Å²) in [7, 11) is 0. The van der Waals surface area contributed by atoms with Crippen LogP contribution in [0.1, 0.15) is 18.9 Å². The van der Waals surface area contributed by atoms with Crippen LogP contribution in [0.5, 0.6) is 5.75 Å². The van der Waals surface area contributed by atoms with Gasteiger partial charge in [0, 0.05) is 12.8 Å². The molecule has 14 heavy (non-hydrogen) atoms. The van der Waals surface area contributed by atoms with Crippen molar-refractivity contribution in [1.82, 2.24) is 0 Å². The van der Waals surface area contributed by atoms with Crippen LogP contribution >= 0.6 is 0 Å². The Hall–Kier alpha value is -1.64. The molecule has 0 saturated carbocycles. The summed E-state index contributed by atoms with van der Waals surface area (Å²) in [5.74, 6) is -0.570. The van der Waals surface area contributed by atoms with Gasteiger partial charge in [-0.2, -0.15) is 0 Å². The van der Waals surface area contributed by atoms with Crippen LogP contribution in [0, 0.1) is 0 Å². The van der Waals surface area contributed by atoms with Gasteiger partial charge in [-0.05, 0) is 17.7 Å². The normalized spacial score (nSPS) is 9.79. The molecule has 0 spiro atoms. The van der Waals surface area contributed by atoms with Gasteiger partial charge in [-0.1, -0.05) is 19.1 Å². The first-order chi connectivity index (χ1) is 6.63. The molecular formula is C11H12O3. The molecule has 1 aromatic rings. The third kappa shape index (κ3) is 2.69. The Bertz CT molecular complexity index is 338. The van der Waals surface area contributed by atoms with Crippen molar-refractivity contribution >= 4 is 11.6 Å². The van der Waals surface area contributed by atoms with Gasteiger partial charge in [-0.25, -0.2) is 0 Å². The summed E-state index contributed by atoms with van der Waals surface area (Å²) in [5.41, 5.74) is 0.745. The predicted octanol–water partition coefficient (Wildman–Crippen LogP) is 1.48. The molecule has 0 aliphatic carbocycles. The number of carbonyl (C=O) groups excluding carboxylic acids is 2. The molecule has 1 aromatic carbocycles. The number of hydrogen-bond acceptors (Lipinski definition) is 3. The summed E-state index contributed by atoms with van der Waals surface area (Å²) in [4.78, 5) is 22.2. The van der Waals surface area contributed by atoms with Crippen molar-refractivity contribution in [3.05, 3.63) is 29.8 Å². The standard InChI is InChI=1S/C11H12O3/c1-2-10(13)11(14)7-8-3-5-9(12)6-4-8/h3-6,12H,2,7H2,1H3. The fourth-order valence-corrected chi connectivity index (χ4v) is 1.09. The summed E-state index contributed by atoms with van der Waals surface area (Å²) < 4.78 is 0. The molecule has 0 saturated heterocycles. The van der Waals surface area contributed by atoms with Gasteiger partial charge >= 0.3 is 0 Å². The van der Waals surface area contributed by atoms with Crippen molar-refractivity contribution in [2.45, 2.75) is 19.8 Å². The number of hydrogen-bond donors (Lipinski definition) is 1. The maximum absolute atomic E-state index is 11.2. The largest absolute Gasteiger partial charge is 0.508 e. The van der Waals surface area contributed by atoms with E-state index < -0.39 is 0 Å². The molecule has 3 heteroatoms. The van der Waals surface area contributed by atoms with Crippen LogP contribution in [0.15, 0.2) is 24.3 Å². The molecule has 1 rings (SSSR count). The van der Waals surface area contributed by atoms with Crippen molar-refractivity contribution in [2.75, 3.05) is 0 Å². The first-order valence-electron chi connectivity index (χ1n) is 4.47. The minimum Gasteiger partial charge on any atom is -0.508 e. The van der Waals surface area contributed by atoms with Crippen molar-refractivity contribution in [3.8, 4) is 5.75 Å². The van der Waals surface area contributed by atoms with Crippen LogP contribution in [-0.2, 0) is 16.0 Å². The lowest BCUT2D eigenvalue weighted by molar-refractivity contribution is -0.136. The Morgan fingerprint density at radius 2 is 1.71 bits per heavy atom. The number of phenolic OH excluding ortho intramolecular Hbond substituents is 1. The highest BCUT2D eigenvalue weighted by atomic mass is 16.3. The lowest BCUT2D eigenvalue weighted by Crippen LogP contribution is -2.14. The Labute approximate surface area is 82.4 Å². The van der Waals surface area contributed by atoms with Gasteiger partial charge in [0.2, 0.25) is 5.78 Å². The summed E-state index contributed by atoms with van der Waals surface area (Å²) in [5, 5.41) is 8.99. The van der Waals surface area contributed by atoms with E-state index >= 15 is 0 Å². The number of rotatable bonds is 4.